The van der Waals surface area contributed by atoms with Gasteiger partial charge in [0.05, 0.1) is 22.5 Å². The standard InChI is InChI=1S/C18H12N2O4/c21-17(22)13-7-4-9-19-16(13)12-8-10-20-15(14(12)18(23)24)11-5-2-1-3-6-11/h1-10H,(H,21,22)(H,23,24). The van der Waals surface area contributed by atoms with E-state index in [0.29, 0.717) is 5.56 Å². The second-order valence-corrected chi connectivity index (χ2v) is 4.96. The molecule has 0 radical (unpaired) electrons. The van der Waals surface area contributed by atoms with Gasteiger partial charge in [-0.15, -0.1) is 0 Å². The number of rotatable bonds is 4. The van der Waals surface area contributed by atoms with Crippen molar-refractivity contribution in [3.63, 3.8) is 0 Å². The maximum atomic E-state index is 11.9. The van der Waals surface area contributed by atoms with Crippen LogP contribution >= 0.6 is 0 Å². The number of carbonyl (C=O) groups is 2. The van der Waals surface area contributed by atoms with E-state index in [1.807, 2.05) is 6.07 Å². The summed E-state index contributed by atoms with van der Waals surface area (Å²) in [6, 6.07) is 13.2. The number of aromatic nitrogens is 2. The summed E-state index contributed by atoms with van der Waals surface area (Å²) in [5, 5.41) is 19.0. The van der Waals surface area contributed by atoms with Crippen molar-refractivity contribution in [2.45, 2.75) is 0 Å². The van der Waals surface area contributed by atoms with Gasteiger partial charge in [-0.2, -0.15) is 0 Å². The molecule has 2 N–H and O–H groups in total. The van der Waals surface area contributed by atoms with Gasteiger partial charge in [0.2, 0.25) is 0 Å². The summed E-state index contributed by atoms with van der Waals surface area (Å²) in [4.78, 5) is 31.5. The molecule has 6 heteroatoms. The summed E-state index contributed by atoms with van der Waals surface area (Å²) in [6.45, 7) is 0. The maximum Gasteiger partial charge on any atom is 0.338 e. The normalized spacial score (nSPS) is 10.3. The Hall–Kier alpha value is -3.54. The highest BCUT2D eigenvalue weighted by molar-refractivity contribution is 6.04. The minimum absolute atomic E-state index is 0.0646. The van der Waals surface area contributed by atoms with E-state index in [4.69, 9.17) is 0 Å². The number of pyridine rings is 2. The van der Waals surface area contributed by atoms with E-state index in [1.165, 1.54) is 30.6 Å². The largest absolute Gasteiger partial charge is 0.478 e. The molecule has 0 saturated heterocycles. The van der Waals surface area contributed by atoms with E-state index in [0.717, 1.165) is 0 Å². The molecule has 0 atom stereocenters. The summed E-state index contributed by atoms with van der Waals surface area (Å²) in [5.41, 5.74) is 1.07. The van der Waals surface area contributed by atoms with Gasteiger partial charge in [-0.25, -0.2) is 9.59 Å². The van der Waals surface area contributed by atoms with Gasteiger partial charge >= 0.3 is 11.9 Å². The monoisotopic (exact) mass is 320 g/mol. The average Bonchev–Trinajstić information content (AvgIpc) is 2.61. The molecule has 0 spiro atoms. The van der Waals surface area contributed by atoms with Crippen LogP contribution in [0.5, 0.6) is 0 Å². The molecule has 0 fully saturated rings. The van der Waals surface area contributed by atoms with Crippen LogP contribution in [0.2, 0.25) is 0 Å². The molecule has 0 aliphatic carbocycles. The molecule has 0 amide bonds. The first-order valence-electron chi connectivity index (χ1n) is 7.06. The third-order valence-corrected chi connectivity index (χ3v) is 3.51. The Morgan fingerprint density at radius 3 is 2.12 bits per heavy atom. The Bertz CT molecular complexity index is 923. The number of benzene rings is 1. The van der Waals surface area contributed by atoms with Gasteiger partial charge in [0, 0.05) is 23.5 Å². The van der Waals surface area contributed by atoms with E-state index >= 15 is 0 Å². The van der Waals surface area contributed by atoms with Crippen molar-refractivity contribution in [3.8, 4) is 22.5 Å². The van der Waals surface area contributed by atoms with Crippen LogP contribution < -0.4 is 0 Å². The SMILES string of the molecule is O=C(O)c1cccnc1-c1ccnc(-c2ccccc2)c1C(=O)O. The highest BCUT2D eigenvalue weighted by atomic mass is 16.4. The maximum absolute atomic E-state index is 11.9. The topological polar surface area (TPSA) is 100 Å². The Kier molecular flexibility index (Phi) is 4.03. The second-order valence-electron chi connectivity index (χ2n) is 4.96. The molecule has 0 saturated carbocycles. The fourth-order valence-electron chi connectivity index (χ4n) is 2.48. The average molecular weight is 320 g/mol. The number of carboxylic acid groups (broad SMARTS) is 2. The van der Waals surface area contributed by atoms with Gasteiger partial charge in [-0.3, -0.25) is 9.97 Å². The first kappa shape index (κ1) is 15.4. The number of hydrogen-bond acceptors (Lipinski definition) is 4. The Labute approximate surface area is 137 Å². The molecule has 3 rings (SSSR count). The van der Waals surface area contributed by atoms with Gasteiger partial charge in [0.1, 0.15) is 0 Å². The van der Waals surface area contributed by atoms with Crippen LogP contribution in [0.4, 0.5) is 0 Å². The van der Waals surface area contributed by atoms with E-state index in [9.17, 15) is 19.8 Å². The third kappa shape index (κ3) is 2.72. The lowest BCUT2D eigenvalue weighted by Crippen LogP contribution is -2.08. The first-order valence-corrected chi connectivity index (χ1v) is 7.06. The van der Waals surface area contributed by atoms with Crippen molar-refractivity contribution < 1.29 is 19.8 Å². The first-order chi connectivity index (χ1) is 11.6. The van der Waals surface area contributed by atoms with E-state index < -0.39 is 11.9 Å². The molecule has 0 aliphatic rings. The molecular weight excluding hydrogens is 308 g/mol. The van der Waals surface area contributed by atoms with E-state index in [-0.39, 0.29) is 28.1 Å². The number of nitrogens with zero attached hydrogens (tertiary/aromatic N) is 2. The zero-order chi connectivity index (χ0) is 17.1. The summed E-state index contributed by atoms with van der Waals surface area (Å²) < 4.78 is 0. The minimum atomic E-state index is -1.20. The van der Waals surface area contributed by atoms with Crippen LogP contribution in [0.3, 0.4) is 0 Å². The number of aromatic carboxylic acids is 2. The van der Waals surface area contributed by atoms with Crippen LogP contribution in [-0.4, -0.2) is 32.1 Å². The summed E-state index contributed by atoms with van der Waals surface area (Å²) >= 11 is 0. The van der Waals surface area contributed by atoms with Crippen molar-refractivity contribution >= 4 is 11.9 Å². The molecular formula is C18H12N2O4. The van der Waals surface area contributed by atoms with Crippen molar-refractivity contribution in [3.05, 3.63) is 72.1 Å². The predicted octanol–water partition coefficient (Wildman–Crippen LogP) is 3.21. The Balaban J connectivity index is 2.32. The molecule has 118 valence electrons. The summed E-state index contributed by atoms with van der Waals surface area (Å²) in [5.74, 6) is -2.37. The molecule has 0 aliphatic heterocycles. The van der Waals surface area contributed by atoms with Gasteiger partial charge in [0.15, 0.2) is 0 Å². The molecule has 2 heterocycles. The number of hydrogen-bond donors (Lipinski definition) is 2. The van der Waals surface area contributed by atoms with Gasteiger partial charge in [-0.1, -0.05) is 30.3 Å². The molecule has 3 aromatic rings. The van der Waals surface area contributed by atoms with Crippen molar-refractivity contribution in [1.82, 2.24) is 9.97 Å². The van der Waals surface area contributed by atoms with Gasteiger partial charge in [0.25, 0.3) is 0 Å². The highest BCUT2D eigenvalue weighted by Crippen LogP contribution is 2.31. The molecule has 6 nitrogen and oxygen atoms in total. The van der Waals surface area contributed by atoms with E-state index in [1.54, 1.807) is 24.3 Å². The van der Waals surface area contributed by atoms with Crippen molar-refractivity contribution in [2.75, 3.05) is 0 Å². The van der Waals surface area contributed by atoms with Crippen LogP contribution in [0.25, 0.3) is 22.5 Å². The fourth-order valence-corrected chi connectivity index (χ4v) is 2.48. The van der Waals surface area contributed by atoms with Gasteiger partial charge < -0.3 is 10.2 Å². The predicted molar refractivity (Wildman–Crippen MR) is 86.8 cm³/mol. The highest BCUT2D eigenvalue weighted by Gasteiger charge is 2.23. The lowest BCUT2D eigenvalue weighted by atomic mass is 9.96. The fraction of sp³-hybridized carbons (Fsp3) is 0. The molecule has 2 aromatic heterocycles. The van der Waals surface area contributed by atoms with Crippen LogP contribution in [-0.2, 0) is 0 Å². The molecule has 0 bridgehead atoms. The summed E-state index contributed by atoms with van der Waals surface area (Å²) in [7, 11) is 0. The molecule has 0 unspecified atom stereocenters. The van der Waals surface area contributed by atoms with Gasteiger partial charge in [-0.05, 0) is 18.2 Å². The zero-order valence-electron chi connectivity index (χ0n) is 12.4. The number of carboxylic acids is 2. The smallest absolute Gasteiger partial charge is 0.338 e. The van der Waals surface area contributed by atoms with Crippen LogP contribution in [0, 0.1) is 0 Å². The van der Waals surface area contributed by atoms with Crippen molar-refractivity contribution in [2.24, 2.45) is 0 Å². The van der Waals surface area contributed by atoms with Crippen LogP contribution in [0.15, 0.2) is 60.9 Å². The van der Waals surface area contributed by atoms with E-state index in [2.05, 4.69) is 9.97 Å². The van der Waals surface area contributed by atoms with Crippen LogP contribution in [0.1, 0.15) is 20.7 Å². The Morgan fingerprint density at radius 2 is 1.46 bits per heavy atom. The third-order valence-electron chi connectivity index (χ3n) is 3.51. The van der Waals surface area contributed by atoms with Crippen molar-refractivity contribution in [1.29, 1.82) is 0 Å². The lowest BCUT2D eigenvalue weighted by molar-refractivity contribution is 0.0684. The molecule has 24 heavy (non-hydrogen) atoms. The minimum Gasteiger partial charge on any atom is -0.478 e. The quantitative estimate of drug-likeness (QED) is 0.765. The summed E-state index contributed by atoms with van der Waals surface area (Å²) in [6.07, 6.45) is 2.88. The molecule has 1 aromatic carbocycles. The lowest BCUT2D eigenvalue weighted by Gasteiger charge is -2.12. The Morgan fingerprint density at radius 1 is 0.750 bits per heavy atom. The zero-order valence-corrected chi connectivity index (χ0v) is 12.4. The second kappa shape index (κ2) is 6.29.